The summed E-state index contributed by atoms with van der Waals surface area (Å²) in [4.78, 5) is 10.5. The summed E-state index contributed by atoms with van der Waals surface area (Å²) in [7, 11) is -1.20. The normalized spacial score (nSPS) is 10.1. The maximum absolute atomic E-state index is 10.6. The molecule has 1 N–H and O–H groups in total. The molecular weight excluding hydrogens is 953 g/mol. The van der Waals surface area contributed by atoms with Gasteiger partial charge in [-0.25, -0.2) is 0 Å². The van der Waals surface area contributed by atoms with Crippen LogP contribution in [0.25, 0.3) is 0 Å². The number of aliphatic hydroxyl groups is 1. The molecule has 0 aliphatic heterocycles. The number of rotatable bonds is 9. The Bertz CT molecular complexity index is 2380. The van der Waals surface area contributed by atoms with Crippen LogP contribution >= 0.6 is 23.8 Å². The molecule has 0 aliphatic rings. The number of hydrogen-bond acceptors (Lipinski definition) is 4. The van der Waals surface area contributed by atoms with Crippen molar-refractivity contribution in [2.24, 2.45) is 0 Å². The molecule has 4 nitrogen and oxygen atoms in total. The summed E-state index contributed by atoms with van der Waals surface area (Å²) >= 11 is 0. The quantitative estimate of drug-likeness (QED) is 0.116. The zero-order valence-corrected chi connectivity index (χ0v) is 42.4. The average molecular weight is 1010 g/mol. The molecule has 0 spiro atoms. The minimum absolute atomic E-state index is 0. The standard InChI is InChI=1S/3C18H15P.C6H6O3.CH4O.Cu/c3*1-4-10-16(11-5-1)19(17-12-6-2-7-13-17)18-14-8-3-9-15-18;1-4-6(8)5(7)2-3-9-4;1-2;/h3*1-15H;2-3,8H,1H3;2H,1H3;/q;;;;;+1/p+1. The molecular formula is C61H56CuO4P3+2. The molecule has 0 unspecified atom stereocenters. The third kappa shape index (κ3) is 16.3. The van der Waals surface area contributed by atoms with Crippen molar-refractivity contribution in [3.05, 3.63) is 301 Å². The molecule has 0 radical (unpaired) electrons. The Kier molecular flexibility index (Phi) is 23.3. The third-order valence-electron chi connectivity index (χ3n) is 10.4. The predicted octanol–water partition coefficient (Wildman–Crippen LogP) is 9.43. The monoisotopic (exact) mass is 1010 g/mol. The van der Waals surface area contributed by atoms with E-state index < -0.39 is 34.9 Å². The van der Waals surface area contributed by atoms with Crippen molar-refractivity contribution in [3.8, 4) is 5.75 Å². The summed E-state index contributed by atoms with van der Waals surface area (Å²) in [6, 6.07) is 98.4. The summed E-state index contributed by atoms with van der Waals surface area (Å²) < 4.78 is 4.63. The second-order valence-electron chi connectivity index (χ2n) is 15.0. The number of hydrogen-bond donors (Lipinski definition) is 1. The first kappa shape index (κ1) is 53.5. The van der Waals surface area contributed by atoms with Crippen molar-refractivity contribution < 1.29 is 31.7 Å². The topological polar surface area (TPSA) is 73.5 Å². The Morgan fingerprint density at radius 1 is 0.362 bits per heavy atom. The number of aliphatic hydroxyl groups excluding tert-OH is 1. The van der Waals surface area contributed by atoms with Crippen LogP contribution in [0.5, 0.6) is 5.75 Å². The van der Waals surface area contributed by atoms with Crippen molar-refractivity contribution in [2.45, 2.75) is 6.92 Å². The van der Waals surface area contributed by atoms with E-state index in [4.69, 9.17) is 5.11 Å². The molecule has 9 aromatic carbocycles. The summed E-state index contributed by atoms with van der Waals surface area (Å²) in [6.07, 6.45) is 1.21. The van der Waals surface area contributed by atoms with Gasteiger partial charge in [0.15, 0.2) is 5.43 Å². The van der Waals surface area contributed by atoms with Crippen LogP contribution in [0.2, 0.25) is 0 Å². The van der Waals surface area contributed by atoms with Crippen molar-refractivity contribution >= 4 is 71.5 Å². The van der Waals surface area contributed by atoms with E-state index in [1.54, 1.807) is 0 Å². The fourth-order valence-corrected chi connectivity index (χ4v) is 14.8. The summed E-state index contributed by atoms with van der Waals surface area (Å²) in [5.74, 6) is -0.417. The fourth-order valence-electron chi connectivity index (χ4n) is 7.31. The van der Waals surface area contributed by atoms with Crippen LogP contribution < -0.4 is 58.3 Å². The molecule has 0 aliphatic carbocycles. The predicted molar refractivity (Wildman–Crippen MR) is 296 cm³/mol. The Labute approximate surface area is 421 Å². The van der Waals surface area contributed by atoms with E-state index >= 15 is 0 Å². The van der Waals surface area contributed by atoms with Crippen LogP contribution in [-0.4, -0.2) is 12.2 Å². The van der Waals surface area contributed by atoms with Crippen molar-refractivity contribution in [2.75, 3.05) is 7.11 Å². The van der Waals surface area contributed by atoms with Crippen LogP contribution in [0.4, 0.5) is 0 Å². The summed E-state index contributed by atoms with van der Waals surface area (Å²) in [6.45, 7) is 1.46. The molecule has 1 heterocycles. The molecule has 1 aromatic heterocycles. The summed E-state index contributed by atoms with van der Waals surface area (Å²) in [5, 5.41) is 30.4. The van der Waals surface area contributed by atoms with Crippen LogP contribution in [0.3, 0.4) is 0 Å². The minimum Gasteiger partial charge on any atom is -0.868 e. The number of aryl methyl sites for hydroxylation is 1. The van der Waals surface area contributed by atoms with Crippen molar-refractivity contribution in [1.29, 1.82) is 0 Å². The van der Waals surface area contributed by atoms with E-state index in [2.05, 4.69) is 277 Å². The Morgan fingerprint density at radius 3 is 0.754 bits per heavy atom. The first-order valence-electron chi connectivity index (χ1n) is 22.3. The molecule has 10 aromatic rings. The molecule has 8 heteroatoms. The van der Waals surface area contributed by atoms with Gasteiger partial charge in [0.1, 0.15) is 31.8 Å². The van der Waals surface area contributed by atoms with Gasteiger partial charge in [-0.15, -0.1) is 0 Å². The SMILES string of the molecule is CO.Cc1occc(=O)c1[O-].[Cu+].c1ccc(P(c2ccccc2)c2ccccc2)cc1.c1ccc([PH+](c2ccccc2)c2ccccc2)cc1.c1ccc([PH+](c2ccccc2)c2ccccc2)cc1. The van der Waals surface area contributed by atoms with Crippen molar-refractivity contribution in [3.63, 3.8) is 0 Å². The molecule has 10 rings (SSSR count). The Morgan fingerprint density at radius 2 is 0.565 bits per heavy atom. The van der Waals surface area contributed by atoms with Gasteiger partial charge in [0.2, 0.25) is 0 Å². The van der Waals surface area contributed by atoms with Crippen molar-refractivity contribution in [1.82, 2.24) is 0 Å². The minimum atomic E-state index is -0.877. The van der Waals surface area contributed by atoms with Crippen LogP contribution in [0, 0.1) is 6.92 Å². The van der Waals surface area contributed by atoms with Gasteiger partial charge in [-0.05, 0) is 109 Å². The van der Waals surface area contributed by atoms with E-state index in [0.717, 1.165) is 13.2 Å². The maximum Gasteiger partial charge on any atom is 1.00 e. The maximum atomic E-state index is 10.6. The van der Waals surface area contributed by atoms with Gasteiger partial charge in [0, 0.05) is 13.2 Å². The van der Waals surface area contributed by atoms with E-state index in [9.17, 15) is 9.90 Å². The van der Waals surface area contributed by atoms with E-state index in [0.29, 0.717) is 0 Å². The van der Waals surface area contributed by atoms with Gasteiger partial charge in [-0.1, -0.05) is 200 Å². The van der Waals surface area contributed by atoms with Gasteiger partial charge >= 0.3 is 17.1 Å². The molecule has 69 heavy (non-hydrogen) atoms. The van der Waals surface area contributed by atoms with Gasteiger partial charge in [0.25, 0.3) is 0 Å². The second-order valence-corrected chi connectivity index (χ2v) is 22.1. The molecule has 348 valence electrons. The largest absolute Gasteiger partial charge is 1.00 e. The Hall–Kier alpha value is -6.50. The summed E-state index contributed by atoms with van der Waals surface area (Å²) in [5.41, 5.74) is -0.515. The molecule has 0 amide bonds. The molecule has 0 saturated heterocycles. The average Bonchev–Trinajstić information content (AvgIpc) is 3.42. The van der Waals surface area contributed by atoms with Gasteiger partial charge in [-0.2, -0.15) is 0 Å². The molecule has 0 bridgehead atoms. The van der Waals surface area contributed by atoms with Crippen LogP contribution in [0.15, 0.2) is 295 Å². The molecule has 0 saturated carbocycles. The Balaban J connectivity index is 0.000000173. The van der Waals surface area contributed by atoms with E-state index in [-0.39, 0.29) is 22.8 Å². The van der Waals surface area contributed by atoms with E-state index in [1.165, 1.54) is 60.9 Å². The first-order chi connectivity index (χ1) is 33.6. The zero-order valence-electron chi connectivity index (χ0n) is 38.6. The fraction of sp³-hybridized carbons (Fsp3) is 0.0328. The second kappa shape index (κ2) is 30.1. The molecule has 0 fully saturated rings. The smallest absolute Gasteiger partial charge is 0.868 e. The van der Waals surface area contributed by atoms with Crippen LogP contribution in [0.1, 0.15) is 5.76 Å². The third-order valence-corrected chi connectivity index (χ3v) is 18.3. The van der Waals surface area contributed by atoms with Gasteiger partial charge in [-0.3, -0.25) is 4.79 Å². The number of benzene rings is 9. The van der Waals surface area contributed by atoms with Gasteiger partial charge in [0.05, 0.1) is 27.9 Å². The van der Waals surface area contributed by atoms with Crippen LogP contribution in [-0.2, 0) is 17.1 Å². The van der Waals surface area contributed by atoms with E-state index in [1.807, 2.05) is 0 Å². The van der Waals surface area contributed by atoms with Gasteiger partial charge < -0.3 is 14.6 Å². The first-order valence-corrected chi connectivity index (χ1v) is 26.6. The zero-order chi connectivity index (χ0) is 47.6. The molecule has 0 atom stereocenters.